The van der Waals surface area contributed by atoms with Crippen LogP contribution in [0.5, 0.6) is 0 Å². The van der Waals surface area contributed by atoms with E-state index in [0.29, 0.717) is 0 Å². The van der Waals surface area contributed by atoms with Crippen LogP contribution in [-0.4, -0.2) is 63.1 Å². The molecule has 17 heavy (non-hydrogen) atoms. The van der Waals surface area contributed by atoms with Crippen molar-refractivity contribution in [3.8, 4) is 6.07 Å². The molecular formula is C8H15N3O4S2. The van der Waals surface area contributed by atoms with Crippen molar-refractivity contribution < 1.29 is 16.8 Å². The van der Waals surface area contributed by atoms with Crippen molar-refractivity contribution in [1.29, 1.82) is 5.26 Å². The fourth-order valence-corrected chi connectivity index (χ4v) is 3.63. The van der Waals surface area contributed by atoms with E-state index >= 15 is 0 Å². The van der Waals surface area contributed by atoms with Crippen LogP contribution in [0.25, 0.3) is 0 Å². The van der Waals surface area contributed by atoms with Gasteiger partial charge in [0.2, 0.25) is 20.0 Å². The molecule has 0 aromatic rings. The number of rotatable bonds is 3. The molecule has 1 heterocycles. The Morgan fingerprint density at radius 3 is 1.82 bits per heavy atom. The molecule has 1 atom stereocenters. The van der Waals surface area contributed by atoms with E-state index in [1.807, 2.05) is 0 Å². The van der Waals surface area contributed by atoms with Crippen molar-refractivity contribution in [2.45, 2.75) is 12.2 Å². The lowest BCUT2D eigenvalue weighted by Gasteiger charge is -2.32. The van der Waals surface area contributed by atoms with Crippen molar-refractivity contribution in [3.05, 3.63) is 0 Å². The summed E-state index contributed by atoms with van der Waals surface area (Å²) < 4.78 is 48.5. The Kier molecular flexibility index (Phi) is 4.14. The number of sulfonamides is 2. The molecule has 0 spiro atoms. The molecule has 0 aromatic carbocycles. The van der Waals surface area contributed by atoms with Gasteiger partial charge in [0.15, 0.2) is 5.25 Å². The summed E-state index contributed by atoms with van der Waals surface area (Å²) in [5, 5.41) is 7.52. The molecule has 98 valence electrons. The van der Waals surface area contributed by atoms with E-state index in [2.05, 4.69) is 0 Å². The second-order valence-electron chi connectivity index (χ2n) is 3.88. The van der Waals surface area contributed by atoms with Gasteiger partial charge in [-0.25, -0.2) is 16.8 Å². The fraction of sp³-hybridized carbons (Fsp3) is 0.875. The number of nitrogens with zero attached hydrogens (tertiary/aromatic N) is 3. The van der Waals surface area contributed by atoms with Gasteiger partial charge in [0.05, 0.1) is 12.3 Å². The van der Waals surface area contributed by atoms with Crippen molar-refractivity contribution in [2.24, 2.45) is 0 Å². The summed E-state index contributed by atoms with van der Waals surface area (Å²) >= 11 is 0. The van der Waals surface area contributed by atoms with Gasteiger partial charge in [-0.15, -0.1) is 0 Å². The molecule has 0 bridgehead atoms. The first-order valence-corrected chi connectivity index (χ1v) is 8.38. The SMILES string of the molecule is CC(C#N)S(=O)(=O)N1CCN(S(C)(=O)=O)CC1. The maximum atomic E-state index is 11.8. The Morgan fingerprint density at radius 2 is 1.47 bits per heavy atom. The third kappa shape index (κ3) is 3.16. The van der Waals surface area contributed by atoms with Crippen LogP contribution in [0.2, 0.25) is 0 Å². The lowest BCUT2D eigenvalue weighted by molar-refractivity contribution is 0.273. The molecule has 0 radical (unpaired) electrons. The van der Waals surface area contributed by atoms with Crippen LogP contribution in [-0.2, 0) is 20.0 Å². The molecular weight excluding hydrogens is 266 g/mol. The first-order valence-electron chi connectivity index (χ1n) is 5.03. The third-order valence-corrected chi connectivity index (χ3v) is 6.04. The van der Waals surface area contributed by atoms with Gasteiger partial charge in [-0.2, -0.15) is 13.9 Å². The molecule has 1 rings (SSSR count). The minimum atomic E-state index is -3.63. The van der Waals surface area contributed by atoms with E-state index in [9.17, 15) is 16.8 Å². The summed E-state index contributed by atoms with van der Waals surface area (Å²) in [7, 11) is -6.90. The summed E-state index contributed by atoms with van der Waals surface area (Å²) in [6.07, 6.45) is 1.09. The van der Waals surface area contributed by atoms with Crippen LogP contribution >= 0.6 is 0 Å². The molecule has 0 saturated carbocycles. The predicted molar refractivity (Wildman–Crippen MR) is 62.0 cm³/mol. The van der Waals surface area contributed by atoms with Crippen LogP contribution in [0.15, 0.2) is 0 Å². The maximum absolute atomic E-state index is 11.8. The molecule has 0 aliphatic carbocycles. The molecule has 0 amide bonds. The highest BCUT2D eigenvalue weighted by molar-refractivity contribution is 7.90. The summed E-state index contributed by atoms with van der Waals surface area (Å²) in [5.41, 5.74) is 0. The van der Waals surface area contributed by atoms with Gasteiger partial charge >= 0.3 is 0 Å². The van der Waals surface area contributed by atoms with E-state index in [0.717, 1.165) is 6.26 Å². The van der Waals surface area contributed by atoms with Gasteiger partial charge in [-0.1, -0.05) is 0 Å². The van der Waals surface area contributed by atoms with Gasteiger partial charge < -0.3 is 0 Å². The quantitative estimate of drug-likeness (QED) is 0.647. The van der Waals surface area contributed by atoms with Gasteiger partial charge in [-0.3, -0.25) is 0 Å². The molecule has 1 unspecified atom stereocenters. The lowest BCUT2D eigenvalue weighted by Crippen LogP contribution is -2.51. The standard InChI is InChI=1S/C8H15N3O4S2/c1-8(7-9)17(14,15)11-5-3-10(4-6-11)16(2,12)13/h8H,3-6H2,1-2H3. The normalized spacial score (nSPS) is 21.9. The number of hydrogen-bond acceptors (Lipinski definition) is 5. The van der Waals surface area contributed by atoms with Gasteiger partial charge in [-0.05, 0) is 6.92 Å². The topological polar surface area (TPSA) is 98.5 Å². The maximum Gasteiger partial charge on any atom is 0.230 e. The Balaban J connectivity index is 2.75. The summed E-state index contributed by atoms with van der Waals surface area (Å²) in [6, 6.07) is 1.68. The average molecular weight is 281 g/mol. The predicted octanol–water partition coefficient (Wildman–Crippen LogP) is -1.19. The van der Waals surface area contributed by atoms with E-state index in [4.69, 9.17) is 5.26 Å². The largest absolute Gasteiger partial charge is 0.230 e. The van der Waals surface area contributed by atoms with Crippen molar-refractivity contribution in [3.63, 3.8) is 0 Å². The van der Waals surface area contributed by atoms with Crippen LogP contribution < -0.4 is 0 Å². The monoisotopic (exact) mass is 281 g/mol. The number of nitriles is 1. The summed E-state index contributed by atoms with van der Waals surface area (Å²) in [6.45, 7) is 1.79. The van der Waals surface area contributed by atoms with Gasteiger partial charge in [0, 0.05) is 26.2 Å². The average Bonchev–Trinajstić information content (AvgIpc) is 2.27. The van der Waals surface area contributed by atoms with Crippen LogP contribution in [0.3, 0.4) is 0 Å². The second kappa shape index (κ2) is 4.89. The molecule has 7 nitrogen and oxygen atoms in total. The number of hydrogen-bond donors (Lipinski definition) is 0. The Hall–Kier alpha value is -0.690. The zero-order valence-corrected chi connectivity index (χ0v) is 11.3. The van der Waals surface area contributed by atoms with E-state index in [1.165, 1.54) is 15.5 Å². The Labute approximate surface area is 102 Å². The zero-order chi connectivity index (χ0) is 13.3. The lowest BCUT2D eigenvalue weighted by atomic mass is 10.4. The van der Waals surface area contributed by atoms with Crippen LogP contribution in [0.1, 0.15) is 6.92 Å². The minimum Gasteiger partial charge on any atom is -0.213 e. The van der Waals surface area contributed by atoms with Gasteiger partial charge in [0.1, 0.15) is 0 Å². The Morgan fingerprint density at radius 1 is 1.06 bits per heavy atom. The van der Waals surface area contributed by atoms with Crippen molar-refractivity contribution in [2.75, 3.05) is 32.4 Å². The molecule has 1 saturated heterocycles. The molecule has 1 aliphatic heterocycles. The first-order chi connectivity index (χ1) is 7.69. The second-order valence-corrected chi connectivity index (χ2v) is 8.11. The van der Waals surface area contributed by atoms with E-state index < -0.39 is 25.3 Å². The highest BCUT2D eigenvalue weighted by Gasteiger charge is 2.33. The molecule has 1 aliphatic rings. The molecule has 0 N–H and O–H groups in total. The van der Waals surface area contributed by atoms with Crippen molar-refractivity contribution in [1.82, 2.24) is 8.61 Å². The molecule has 0 aromatic heterocycles. The van der Waals surface area contributed by atoms with Crippen molar-refractivity contribution >= 4 is 20.0 Å². The highest BCUT2D eigenvalue weighted by atomic mass is 32.2. The summed E-state index contributed by atoms with van der Waals surface area (Å²) in [4.78, 5) is 0. The molecule has 1 fully saturated rings. The third-order valence-electron chi connectivity index (χ3n) is 2.66. The Bertz CT molecular complexity index is 511. The number of piperazine rings is 1. The smallest absolute Gasteiger partial charge is 0.213 e. The van der Waals surface area contributed by atoms with Gasteiger partial charge in [0.25, 0.3) is 0 Å². The van der Waals surface area contributed by atoms with Crippen LogP contribution in [0, 0.1) is 11.3 Å². The minimum absolute atomic E-state index is 0.0986. The summed E-state index contributed by atoms with van der Waals surface area (Å²) in [5.74, 6) is 0. The first kappa shape index (κ1) is 14.4. The van der Waals surface area contributed by atoms with E-state index in [1.54, 1.807) is 6.07 Å². The fourth-order valence-electron chi connectivity index (χ4n) is 1.55. The van der Waals surface area contributed by atoms with E-state index in [-0.39, 0.29) is 26.2 Å². The molecule has 9 heteroatoms. The zero-order valence-electron chi connectivity index (χ0n) is 9.70. The van der Waals surface area contributed by atoms with Crippen LogP contribution in [0.4, 0.5) is 0 Å². The highest BCUT2D eigenvalue weighted by Crippen LogP contribution is 2.13.